The number of halogens is 2. The number of hydrogen-bond donors (Lipinski definition) is 0. The fourth-order valence-corrected chi connectivity index (χ4v) is 13.9. The number of rotatable bonds is 16. The van der Waals surface area contributed by atoms with Crippen molar-refractivity contribution in [1.29, 1.82) is 0 Å². The van der Waals surface area contributed by atoms with Crippen LogP contribution in [0.3, 0.4) is 0 Å². The van der Waals surface area contributed by atoms with Crippen molar-refractivity contribution in [1.82, 2.24) is 9.13 Å². The molecule has 0 aliphatic carbocycles. The van der Waals surface area contributed by atoms with Crippen LogP contribution in [0.2, 0.25) is 0 Å². The van der Waals surface area contributed by atoms with Crippen molar-refractivity contribution in [3.63, 3.8) is 0 Å². The molecule has 98 heavy (non-hydrogen) atoms. The van der Waals surface area contributed by atoms with E-state index >= 15 is 0 Å². The van der Waals surface area contributed by atoms with Crippen LogP contribution in [0.1, 0.15) is 0 Å². The Kier molecular flexibility index (Phi) is 15.2. The van der Waals surface area contributed by atoms with E-state index in [2.05, 4.69) is 332 Å². The Morgan fingerprint density at radius 1 is 0.184 bits per heavy atom. The van der Waals surface area contributed by atoms with E-state index in [0.29, 0.717) is 0 Å². The van der Waals surface area contributed by atoms with Crippen LogP contribution in [0.5, 0.6) is 0 Å². The summed E-state index contributed by atoms with van der Waals surface area (Å²) in [5.41, 5.74) is 19.7. The van der Waals surface area contributed by atoms with Gasteiger partial charge in [0.15, 0.2) is 0 Å². The first-order valence-electron chi connectivity index (χ1n) is 32.9. The molecule has 0 spiro atoms. The van der Waals surface area contributed by atoms with Crippen molar-refractivity contribution in [2.75, 3.05) is 19.6 Å². The van der Waals surface area contributed by atoms with E-state index in [4.69, 9.17) is 0 Å². The number of nitrogens with zero attached hydrogens (tertiary/aromatic N) is 6. The highest BCUT2D eigenvalue weighted by molar-refractivity contribution is 6.03. The first-order valence-corrected chi connectivity index (χ1v) is 32.9. The molecule has 0 fully saturated rings. The van der Waals surface area contributed by atoms with Gasteiger partial charge in [0, 0.05) is 90.4 Å². The molecule has 0 N–H and O–H groups in total. The van der Waals surface area contributed by atoms with Gasteiger partial charge in [-0.25, -0.2) is 8.78 Å². The van der Waals surface area contributed by atoms with Crippen LogP contribution in [0.15, 0.2) is 376 Å². The van der Waals surface area contributed by atoms with Gasteiger partial charge in [0.05, 0.1) is 22.4 Å². The number of aromatic nitrogens is 2. The molecule has 15 aromatic carbocycles. The van der Waals surface area contributed by atoms with E-state index in [1.165, 1.54) is 24.3 Å². The lowest BCUT2D eigenvalue weighted by atomic mass is 10.1. The van der Waals surface area contributed by atoms with Crippen LogP contribution in [-0.2, 0) is 0 Å². The molecule has 0 radical (unpaired) electrons. The van der Waals surface area contributed by atoms with Gasteiger partial charge in [0.2, 0.25) is 0 Å². The molecule has 2 heterocycles. The molecule has 0 aliphatic heterocycles. The molecular weight excluding hydrogens is 1200 g/mol. The highest BCUT2D eigenvalue weighted by Crippen LogP contribution is 2.45. The predicted molar refractivity (Wildman–Crippen MR) is 405 cm³/mol. The zero-order valence-electron chi connectivity index (χ0n) is 53.2. The van der Waals surface area contributed by atoms with Gasteiger partial charge >= 0.3 is 0 Å². The van der Waals surface area contributed by atoms with E-state index in [0.717, 1.165) is 145 Å². The summed E-state index contributed by atoms with van der Waals surface area (Å²) in [5, 5.41) is 6.59. The molecule has 8 heteroatoms. The lowest BCUT2D eigenvalue weighted by molar-refractivity contribution is 0.627. The van der Waals surface area contributed by atoms with Crippen molar-refractivity contribution < 1.29 is 8.78 Å². The van der Waals surface area contributed by atoms with Gasteiger partial charge in [-0.3, -0.25) is 0 Å². The van der Waals surface area contributed by atoms with Crippen LogP contribution < -0.4 is 19.6 Å². The summed E-state index contributed by atoms with van der Waals surface area (Å²) in [6.07, 6.45) is 0. The minimum atomic E-state index is -0.304. The molecule has 0 bridgehead atoms. The smallest absolute Gasteiger partial charge is 0.123 e. The van der Waals surface area contributed by atoms with Crippen LogP contribution in [0, 0.1) is 11.6 Å². The quantitative estimate of drug-likeness (QED) is 0.0962. The third kappa shape index (κ3) is 11.2. The summed E-state index contributed by atoms with van der Waals surface area (Å²) >= 11 is 0. The summed E-state index contributed by atoms with van der Waals surface area (Å²) in [6.45, 7) is 0. The molecule has 0 unspecified atom stereocenters. The molecule has 466 valence electrons. The molecule has 6 nitrogen and oxygen atoms in total. The fraction of sp³-hybridized carbons (Fsp3) is 0. The van der Waals surface area contributed by atoms with Gasteiger partial charge in [0.25, 0.3) is 0 Å². The Labute approximate surface area is 567 Å². The first kappa shape index (κ1) is 58.8. The summed E-state index contributed by atoms with van der Waals surface area (Å²) in [4.78, 5) is 9.17. The first-order chi connectivity index (χ1) is 48.4. The summed E-state index contributed by atoms with van der Waals surface area (Å²) < 4.78 is 34.3. The van der Waals surface area contributed by atoms with Gasteiger partial charge in [-0.05, 0) is 275 Å². The van der Waals surface area contributed by atoms with E-state index in [1.54, 1.807) is 0 Å². The van der Waals surface area contributed by atoms with Crippen LogP contribution in [0.4, 0.5) is 77.0 Å². The minimum Gasteiger partial charge on any atom is -0.311 e. The lowest BCUT2D eigenvalue weighted by Crippen LogP contribution is -2.12. The Hall–Kier alpha value is -13.0. The van der Waals surface area contributed by atoms with E-state index in [9.17, 15) is 8.78 Å². The molecule has 0 aliphatic rings. The Bertz CT molecular complexity index is 5230. The molecule has 17 aromatic rings. The molecule has 0 amide bonds. The minimum absolute atomic E-state index is 0.304. The topological polar surface area (TPSA) is 22.8 Å². The maximum Gasteiger partial charge on any atom is 0.123 e. The molecule has 2 aromatic heterocycles. The van der Waals surface area contributed by atoms with E-state index < -0.39 is 0 Å². The van der Waals surface area contributed by atoms with Gasteiger partial charge < -0.3 is 28.7 Å². The Morgan fingerprint density at radius 2 is 0.429 bits per heavy atom. The zero-order valence-corrected chi connectivity index (χ0v) is 53.2. The van der Waals surface area contributed by atoms with Crippen molar-refractivity contribution in [3.8, 4) is 33.9 Å². The molecule has 0 saturated carbocycles. The molecular formula is C90H62F2N6. The Morgan fingerprint density at radius 3 is 0.735 bits per heavy atom. The van der Waals surface area contributed by atoms with Gasteiger partial charge in [-0.15, -0.1) is 0 Å². The third-order valence-electron chi connectivity index (χ3n) is 18.5. The third-order valence-corrected chi connectivity index (χ3v) is 18.5. The van der Waals surface area contributed by atoms with Crippen LogP contribution >= 0.6 is 0 Å². The van der Waals surface area contributed by atoms with E-state index in [-0.39, 0.29) is 11.6 Å². The molecule has 0 saturated heterocycles. The largest absolute Gasteiger partial charge is 0.311 e. The van der Waals surface area contributed by atoms with E-state index in [1.807, 2.05) is 48.5 Å². The monoisotopic (exact) mass is 1260 g/mol. The molecule has 17 rings (SSSR count). The normalized spacial score (nSPS) is 11.4. The second kappa shape index (κ2) is 25.4. The average molecular weight is 1270 g/mol. The predicted octanol–water partition coefficient (Wildman–Crippen LogP) is 25.4. The maximum atomic E-state index is 14.9. The zero-order chi connectivity index (χ0) is 65.5. The van der Waals surface area contributed by atoms with Crippen molar-refractivity contribution in [2.24, 2.45) is 0 Å². The summed E-state index contributed by atoms with van der Waals surface area (Å²) in [6, 6.07) is 129. The Balaban J connectivity index is 0.775. The number of anilines is 12. The number of para-hydroxylation sites is 4. The SMILES string of the molecule is Fc1ccc(-c2cc3cc4c(cc(-c5ccc(F)cc5)n4-c4ccc(N(c5ccc(N(c6ccccc6)c6ccccc6)cc5)c5ccc6ccccc6c5)cc4)cc3n2-c2ccc(N(c3ccc(N(c4ccccc4)c4ccccc4)cc3)c3ccc4ccccc4c3)cc2)cc1. The van der Waals surface area contributed by atoms with Crippen LogP contribution in [-0.4, -0.2) is 9.13 Å². The highest BCUT2D eigenvalue weighted by Gasteiger charge is 2.23. The second-order valence-electron chi connectivity index (χ2n) is 24.5. The van der Waals surface area contributed by atoms with Crippen molar-refractivity contribution in [2.45, 2.75) is 0 Å². The molecule has 0 atom stereocenters. The highest BCUT2D eigenvalue weighted by atomic mass is 19.1. The summed E-state index contributed by atoms with van der Waals surface area (Å²) in [7, 11) is 0. The second-order valence-corrected chi connectivity index (χ2v) is 24.5. The maximum absolute atomic E-state index is 14.9. The van der Waals surface area contributed by atoms with Gasteiger partial charge in [-0.1, -0.05) is 133 Å². The lowest BCUT2D eigenvalue weighted by Gasteiger charge is -2.28. The van der Waals surface area contributed by atoms with Crippen molar-refractivity contribution in [3.05, 3.63) is 388 Å². The van der Waals surface area contributed by atoms with Crippen molar-refractivity contribution >= 4 is 112 Å². The number of fused-ring (bicyclic) bond motifs is 4. The average Bonchev–Trinajstić information content (AvgIpc) is 1.58. The standard InChI is InChI=1S/C90H62F2N6/c91-71-35-29-65(30-36-71)87-59-69-62-90-70(61-89(69)97(87)83-53-49-81(50-54-83)95(85-39-33-63-17-13-15-19-67(63)57-85)79-45-41-77(42-46-79)93(73-21-5-1-6-22-73)74-23-7-2-8-24-74)60-88(66-31-37-72(92)38-32-66)98(90)84-55-51-82(52-56-84)96(86-40-34-64-18-14-16-20-68(64)58-86)80-47-43-78(44-48-80)94(75-25-9-3-10-26-75)76-27-11-4-12-28-76/h1-62H. The summed E-state index contributed by atoms with van der Waals surface area (Å²) in [5.74, 6) is -0.608. The van der Waals surface area contributed by atoms with Gasteiger partial charge in [0.1, 0.15) is 11.6 Å². The number of benzene rings is 15. The van der Waals surface area contributed by atoms with Crippen LogP contribution in [0.25, 0.3) is 77.2 Å². The number of hydrogen-bond acceptors (Lipinski definition) is 4. The fourth-order valence-electron chi connectivity index (χ4n) is 13.9. The van der Waals surface area contributed by atoms with Gasteiger partial charge in [-0.2, -0.15) is 0 Å².